The number of hydrogen-bond acceptors (Lipinski definition) is 4. The van der Waals surface area contributed by atoms with Crippen LogP contribution in [0.4, 0.5) is 5.13 Å². The number of hydrogen-bond donors (Lipinski definition) is 1. The highest BCUT2D eigenvalue weighted by molar-refractivity contribution is 7.14. The maximum absolute atomic E-state index is 13.3. The molecule has 4 nitrogen and oxygen atoms in total. The predicted octanol–water partition coefficient (Wildman–Crippen LogP) is 7.58. The third kappa shape index (κ3) is 4.10. The number of fused-ring (bicyclic) bond motifs is 1. The van der Waals surface area contributed by atoms with Gasteiger partial charge in [0.05, 0.1) is 27.5 Å². The zero-order valence-electron chi connectivity index (χ0n) is 16.5. The molecule has 1 amide bonds. The Labute approximate surface area is 198 Å². The number of aromatic nitrogens is 2. The van der Waals surface area contributed by atoms with Gasteiger partial charge in [0, 0.05) is 26.9 Å². The Hall–Kier alpha value is -3.25. The molecule has 1 N–H and O–H groups in total. The van der Waals surface area contributed by atoms with E-state index in [0.717, 1.165) is 16.6 Å². The number of benzene rings is 3. The van der Waals surface area contributed by atoms with Gasteiger partial charge >= 0.3 is 0 Å². The van der Waals surface area contributed by atoms with Crippen molar-refractivity contribution in [2.24, 2.45) is 0 Å². The average molecular weight is 476 g/mol. The molecular weight excluding hydrogens is 461 g/mol. The van der Waals surface area contributed by atoms with Crippen LogP contribution in [0, 0.1) is 0 Å². The lowest BCUT2D eigenvalue weighted by Gasteiger charge is -2.11. The topological polar surface area (TPSA) is 54.9 Å². The van der Waals surface area contributed by atoms with Crippen molar-refractivity contribution in [3.05, 3.63) is 99.9 Å². The molecule has 0 aliphatic rings. The zero-order valence-corrected chi connectivity index (χ0v) is 18.9. The van der Waals surface area contributed by atoms with Gasteiger partial charge in [0.1, 0.15) is 0 Å². The van der Waals surface area contributed by atoms with Crippen LogP contribution in [0.25, 0.3) is 33.4 Å². The van der Waals surface area contributed by atoms with E-state index in [2.05, 4.69) is 10.3 Å². The van der Waals surface area contributed by atoms with E-state index in [9.17, 15) is 4.79 Å². The number of nitrogens with one attached hydrogen (secondary N) is 1. The molecule has 32 heavy (non-hydrogen) atoms. The summed E-state index contributed by atoms with van der Waals surface area (Å²) in [6, 6.07) is 24.3. The number of amides is 1. The number of halogens is 2. The van der Waals surface area contributed by atoms with Gasteiger partial charge in [-0.2, -0.15) is 0 Å². The molecule has 0 fully saturated rings. The summed E-state index contributed by atoms with van der Waals surface area (Å²) in [5.41, 5.74) is 4.31. The van der Waals surface area contributed by atoms with Gasteiger partial charge in [-0.15, -0.1) is 11.3 Å². The van der Waals surface area contributed by atoms with Crippen molar-refractivity contribution in [1.82, 2.24) is 9.97 Å². The number of thiazole rings is 1. The Kier molecular flexibility index (Phi) is 5.62. The van der Waals surface area contributed by atoms with Crippen LogP contribution >= 0.6 is 34.5 Å². The second-order valence-corrected chi connectivity index (χ2v) is 8.76. The first-order valence-corrected chi connectivity index (χ1v) is 11.4. The van der Waals surface area contributed by atoms with Crippen LogP contribution in [-0.2, 0) is 0 Å². The number of nitrogens with zero attached hydrogens (tertiary/aromatic N) is 2. The highest BCUT2D eigenvalue weighted by atomic mass is 35.5. The number of anilines is 1. The van der Waals surface area contributed by atoms with E-state index in [4.69, 9.17) is 28.2 Å². The van der Waals surface area contributed by atoms with Crippen LogP contribution in [0.15, 0.2) is 84.2 Å². The molecular formula is C25H15Cl2N3OS. The summed E-state index contributed by atoms with van der Waals surface area (Å²) in [5, 5.41) is 7.14. The molecule has 0 spiro atoms. The lowest BCUT2D eigenvalue weighted by atomic mass is 10.0. The van der Waals surface area contributed by atoms with Crippen molar-refractivity contribution in [3.8, 4) is 22.5 Å². The molecule has 0 atom stereocenters. The van der Waals surface area contributed by atoms with Gasteiger partial charge < -0.3 is 0 Å². The normalized spacial score (nSPS) is 10.9. The van der Waals surface area contributed by atoms with Crippen LogP contribution < -0.4 is 5.32 Å². The van der Waals surface area contributed by atoms with Crippen LogP contribution in [0.3, 0.4) is 0 Å². The van der Waals surface area contributed by atoms with Gasteiger partial charge in [0.15, 0.2) is 5.13 Å². The van der Waals surface area contributed by atoms with E-state index >= 15 is 0 Å². The lowest BCUT2D eigenvalue weighted by molar-refractivity contribution is 0.102. The molecule has 0 aliphatic heterocycles. The first kappa shape index (κ1) is 20.6. The minimum Gasteiger partial charge on any atom is -0.298 e. The number of rotatable bonds is 4. The molecule has 5 aromatic rings. The summed E-state index contributed by atoms with van der Waals surface area (Å²) in [7, 11) is 0. The number of pyridine rings is 1. The Morgan fingerprint density at radius 2 is 1.62 bits per heavy atom. The predicted molar refractivity (Wildman–Crippen MR) is 133 cm³/mol. The van der Waals surface area contributed by atoms with Crippen LogP contribution in [0.1, 0.15) is 10.4 Å². The summed E-state index contributed by atoms with van der Waals surface area (Å²) < 4.78 is 0. The van der Waals surface area contributed by atoms with Gasteiger partial charge in [-0.3, -0.25) is 10.1 Å². The molecule has 3 aromatic carbocycles. The maximum atomic E-state index is 13.3. The summed E-state index contributed by atoms with van der Waals surface area (Å²) in [4.78, 5) is 22.5. The second-order valence-electron chi connectivity index (χ2n) is 7.05. The first-order chi connectivity index (χ1) is 15.6. The highest BCUT2D eigenvalue weighted by Gasteiger charge is 2.17. The highest BCUT2D eigenvalue weighted by Crippen LogP contribution is 2.32. The molecule has 156 valence electrons. The van der Waals surface area contributed by atoms with E-state index in [1.54, 1.807) is 24.3 Å². The molecule has 2 heterocycles. The van der Waals surface area contributed by atoms with Gasteiger partial charge in [0.2, 0.25) is 0 Å². The molecule has 5 rings (SSSR count). The van der Waals surface area contributed by atoms with Crippen molar-refractivity contribution in [1.29, 1.82) is 0 Å². The summed E-state index contributed by atoms with van der Waals surface area (Å²) in [6.45, 7) is 0. The fourth-order valence-corrected chi connectivity index (χ4v) is 4.66. The van der Waals surface area contributed by atoms with Gasteiger partial charge in [0.25, 0.3) is 5.91 Å². The number of carbonyl (C=O) groups is 1. The van der Waals surface area contributed by atoms with Gasteiger partial charge in [-0.1, -0.05) is 71.7 Å². The molecule has 7 heteroatoms. The standard InChI is InChI=1S/C25H15Cl2N3OS/c26-16-10-11-18(20(27)12-16)22-13-19(17-8-4-5-9-21(17)28-22)24(31)30-25-29-23(14-32-25)15-6-2-1-3-7-15/h1-14H,(H,29,30,31). The molecule has 0 radical (unpaired) electrons. The Morgan fingerprint density at radius 1 is 0.844 bits per heavy atom. The first-order valence-electron chi connectivity index (χ1n) is 9.76. The minimum atomic E-state index is -0.260. The van der Waals surface area contributed by atoms with Crippen LogP contribution in [0.2, 0.25) is 10.0 Å². The van der Waals surface area contributed by atoms with Crippen molar-refractivity contribution >= 4 is 56.5 Å². The van der Waals surface area contributed by atoms with Gasteiger partial charge in [-0.05, 0) is 30.3 Å². The Morgan fingerprint density at radius 3 is 2.44 bits per heavy atom. The van der Waals surface area contributed by atoms with Crippen LogP contribution in [0.5, 0.6) is 0 Å². The van der Waals surface area contributed by atoms with Crippen LogP contribution in [-0.4, -0.2) is 15.9 Å². The smallest absolute Gasteiger partial charge is 0.258 e. The number of carbonyl (C=O) groups excluding carboxylic acids is 1. The van der Waals surface area contributed by atoms with E-state index < -0.39 is 0 Å². The largest absolute Gasteiger partial charge is 0.298 e. The minimum absolute atomic E-state index is 0.260. The van der Waals surface area contributed by atoms with E-state index in [1.165, 1.54) is 11.3 Å². The maximum Gasteiger partial charge on any atom is 0.258 e. The fraction of sp³-hybridized carbons (Fsp3) is 0. The summed E-state index contributed by atoms with van der Waals surface area (Å²) in [5.74, 6) is -0.260. The quantitative estimate of drug-likeness (QED) is 0.291. The Balaban J connectivity index is 1.53. The zero-order chi connectivity index (χ0) is 22.1. The fourth-order valence-electron chi connectivity index (χ4n) is 3.44. The summed E-state index contributed by atoms with van der Waals surface area (Å²) in [6.07, 6.45) is 0. The van der Waals surface area contributed by atoms with Crippen molar-refractivity contribution in [3.63, 3.8) is 0 Å². The van der Waals surface area contributed by atoms with Gasteiger partial charge in [-0.25, -0.2) is 9.97 Å². The van der Waals surface area contributed by atoms with Crippen molar-refractivity contribution in [2.45, 2.75) is 0 Å². The molecule has 0 aliphatic carbocycles. The van der Waals surface area contributed by atoms with Crippen molar-refractivity contribution in [2.75, 3.05) is 5.32 Å². The Bertz CT molecular complexity index is 1450. The van der Waals surface area contributed by atoms with E-state index in [0.29, 0.717) is 37.5 Å². The van der Waals surface area contributed by atoms with Crippen molar-refractivity contribution < 1.29 is 4.79 Å². The lowest BCUT2D eigenvalue weighted by Crippen LogP contribution is -2.13. The summed E-state index contributed by atoms with van der Waals surface area (Å²) >= 11 is 13.8. The number of para-hydroxylation sites is 1. The van der Waals surface area contributed by atoms with E-state index in [1.807, 2.05) is 60.0 Å². The third-order valence-electron chi connectivity index (χ3n) is 4.96. The SMILES string of the molecule is O=C(Nc1nc(-c2ccccc2)cs1)c1cc(-c2ccc(Cl)cc2Cl)nc2ccccc12. The third-order valence-corrected chi connectivity index (χ3v) is 6.27. The molecule has 2 aromatic heterocycles. The molecule has 0 saturated carbocycles. The molecule has 0 saturated heterocycles. The second kappa shape index (κ2) is 8.71. The average Bonchev–Trinajstić information content (AvgIpc) is 3.27. The van der Waals surface area contributed by atoms with E-state index in [-0.39, 0.29) is 5.91 Å². The monoisotopic (exact) mass is 475 g/mol. The molecule has 0 bridgehead atoms. The molecule has 0 unspecified atom stereocenters.